The third kappa shape index (κ3) is 1.88. The van der Waals surface area contributed by atoms with Crippen LogP contribution in [-0.2, 0) is 0 Å². The van der Waals surface area contributed by atoms with Gasteiger partial charge in [-0.3, -0.25) is 0 Å². The molecule has 0 amide bonds. The first-order valence-corrected chi connectivity index (χ1v) is 6.58. The molecule has 1 saturated heterocycles. The Hall–Kier alpha value is -0.830. The van der Waals surface area contributed by atoms with Gasteiger partial charge in [-0.2, -0.15) is 0 Å². The van der Waals surface area contributed by atoms with Gasteiger partial charge in [0.25, 0.3) is 0 Å². The Bertz CT molecular complexity index is 348. The highest BCUT2D eigenvalue weighted by atomic mass is 15.1. The van der Waals surface area contributed by atoms with Crippen LogP contribution in [0.4, 0.5) is 0 Å². The quantitative estimate of drug-likeness (QED) is 0.845. The molecule has 1 saturated carbocycles. The van der Waals surface area contributed by atoms with Crippen LogP contribution in [0, 0.1) is 5.92 Å². The van der Waals surface area contributed by atoms with Gasteiger partial charge in [-0.1, -0.05) is 0 Å². The zero-order valence-electron chi connectivity index (χ0n) is 10.0. The van der Waals surface area contributed by atoms with E-state index in [1.165, 1.54) is 37.9 Å². The van der Waals surface area contributed by atoms with Crippen LogP contribution in [0.2, 0.25) is 0 Å². The van der Waals surface area contributed by atoms with Crippen LogP contribution in [0.5, 0.6) is 0 Å². The second-order valence-electron chi connectivity index (χ2n) is 5.35. The van der Waals surface area contributed by atoms with Crippen LogP contribution in [0.25, 0.3) is 0 Å². The van der Waals surface area contributed by atoms with Gasteiger partial charge in [0, 0.05) is 30.4 Å². The first-order chi connectivity index (χ1) is 7.86. The Labute approximate surface area is 97.3 Å². The van der Waals surface area contributed by atoms with Crippen LogP contribution < -0.4 is 5.32 Å². The lowest BCUT2D eigenvalue weighted by Crippen LogP contribution is -2.30. The molecule has 0 spiro atoms. The fourth-order valence-electron chi connectivity index (χ4n) is 2.88. The molecule has 1 aliphatic carbocycles. The average molecular weight is 219 g/mol. The number of piperidine rings is 1. The van der Waals surface area contributed by atoms with Gasteiger partial charge in [0.2, 0.25) is 0 Å². The molecule has 88 valence electrons. The summed E-state index contributed by atoms with van der Waals surface area (Å²) < 4.78 is 2.43. The molecule has 3 rings (SSSR count). The molecule has 2 atom stereocenters. The summed E-state index contributed by atoms with van der Waals surface area (Å²) in [6, 6.07) is 0.652. The summed E-state index contributed by atoms with van der Waals surface area (Å²) in [7, 11) is 0. The monoisotopic (exact) mass is 219 g/mol. The fourth-order valence-corrected chi connectivity index (χ4v) is 2.88. The molecule has 1 aliphatic heterocycles. The third-order valence-corrected chi connectivity index (χ3v) is 4.15. The molecule has 1 aromatic heterocycles. The van der Waals surface area contributed by atoms with Crippen LogP contribution in [0.3, 0.4) is 0 Å². The number of nitrogens with one attached hydrogen (secondary N) is 1. The van der Waals surface area contributed by atoms with Crippen LogP contribution >= 0.6 is 0 Å². The van der Waals surface area contributed by atoms with E-state index >= 15 is 0 Å². The zero-order valence-corrected chi connectivity index (χ0v) is 10.0. The topological polar surface area (TPSA) is 29.9 Å². The maximum atomic E-state index is 4.36. The van der Waals surface area contributed by atoms with Crippen LogP contribution in [0.1, 0.15) is 50.3 Å². The van der Waals surface area contributed by atoms with E-state index in [9.17, 15) is 0 Å². The summed E-state index contributed by atoms with van der Waals surface area (Å²) in [6.45, 7) is 4.66. The minimum atomic E-state index is 0.652. The zero-order chi connectivity index (χ0) is 11.0. The predicted molar refractivity (Wildman–Crippen MR) is 64.5 cm³/mol. The van der Waals surface area contributed by atoms with Crippen molar-refractivity contribution >= 4 is 0 Å². The average Bonchev–Trinajstić information content (AvgIpc) is 3.06. The molecule has 2 aliphatic rings. The van der Waals surface area contributed by atoms with Gasteiger partial charge in [-0.15, -0.1) is 0 Å². The lowest BCUT2D eigenvalue weighted by Gasteiger charge is -2.26. The van der Waals surface area contributed by atoms with Crippen molar-refractivity contribution in [3.8, 4) is 0 Å². The molecule has 0 bridgehead atoms. The summed E-state index contributed by atoms with van der Waals surface area (Å²) in [5, 5.41) is 3.49. The lowest BCUT2D eigenvalue weighted by atomic mass is 9.96. The molecule has 3 heteroatoms. The largest absolute Gasteiger partial charge is 0.331 e. The predicted octanol–water partition coefficient (Wildman–Crippen LogP) is 2.32. The Kier molecular flexibility index (Phi) is 2.72. The van der Waals surface area contributed by atoms with Gasteiger partial charge in [-0.25, -0.2) is 4.98 Å². The molecule has 1 aromatic rings. The van der Waals surface area contributed by atoms with Crippen molar-refractivity contribution < 1.29 is 0 Å². The Balaban J connectivity index is 1.80. The Morgan fingerprint density at radius 3 is 3.00 bits per heavy atom. The number of rotatable bonds is 3. The molecule has 16 heavy (non-hydrogen) atoms. The van der Waals surface area contributed by atoms with E-state index < -0.39 is 0 Å². The van der Waals surface area contributed by atoms with E-state index in [0.29, 0.717) is 12.0 Å². The van der Waals surface area contributed by atoms with Crippen molar-refractivity contribution in [2.24, 2.45) is 5.92 Å². The third-order valence-electron chi connectivity index (χ3n) is 4.15. The fraction of sp³-hybridized carbons (Fsp3) is 0.769. The summed E-state index contributed by atoms with van der Waals surface area (Å²) in [6.07, 6.45) is 9.54. The number of hydrogen-bond donors (Lipinski definition) is 1. The molecule has 2 unspecified atom stereocenters. The molecule has 3 nitrogen and oxygen atoms in total. The molecule has 1 N–H and O–H groups in total. The van der Waals surface area contributed by atoms with Crippen molar-refractivity contribution in [2.75, 3.05) is 13.1 Å². The number of imidazole rings is 1. The van der Waals surface area contributed by atoms with Crippen LogP contribution in [-0.4, -0.2) is 22.6 Å². The number of nitrogens with zero attached hydrogens (tertiary/aromatic N) is 2. The van der Waals surface area contributed by atoms with E-state index in [1.807, 2.05) is 6.33 Å². The van der Waals surface area contributed by atoms with Crippen molar-refractivity contribution in [1.29, 1.82) is 0 Å². The van der Waals surface area contributed by atoms with E-state index in [1.54, 1.807) is 0 Å². The smallest absolute Gasteiger partial charge is 0.0950 e. The second-order valence-corrected chi connectivity index (χ2v) is 5.35. The van der Waals surface area contributed by atoms with Crippen molar-refractivity contribution in [3.05, 3.63) is 18.2 Å². The highest BCUT2D eigenvalue weighted by Gasteiger charge is 2.31. The molecule has 2 fully saturated rings. The summed E-state index contributed by atoms with van der Waals surface area (Å²) in [4.78, 5) is 4.36. The van der Waals surface area contributed by atoms with Crippen molar-refractivity contribution in [1.82, 2.24) is 14.9 Å². The molecular weight excluding hydrogens is 198 g/mol. The maximum absolute atomic E-state index is 4.36. The molecule has 0 aromatic carbocycles. The second kappa shape index (κ2) is 4.21. The van der Waals surface area contributed by atoms with Gasteiger partial charge < -0.3 is 9.88 Å². The van der Waals surface area contributed by atoms with Gasteiger partial charge in [0.1, 0.15) is 0 Å². The van der Waals surface area contributed by atoms with Gasteiger partial charge >= 0.3 is 0 Å². The Morgan fingerprint density at radius 1 is 1.44 bits per heavy atom. The first-order valence-electron chi connectivity index (χ1n) is 6.58. The lowest BCUT2D eigenvalue weighted by molar-refractivity contribution is 0.408. The highest BCUT2D eigenvalue weighted by molar-refractivity contribution is 5.10. The van der Waals surface area contributed by atoms with E-state index in [4.69, 9.17) is 0 Å². The molecule has 0 radical (unpaired) electrons. The highest BCUT2D eigenvalue weighted by Crippen LogP contribution is 2.40. The van der Waals surface area contributed by atoms with E-state index in [-0.39, 0.29) is 0 Å². The first kappa shape index (κ1) is 10.3. The van der Waals surface area contributed by atoms with Crippen molar-refractivity contribution in [2.45, 2.75) is 44.6 Å². The minimum Gasteiger partial charge on any atom is -0.331 e. The number of hydrogen-bond acceptors (Lipinski definition) is 2. The maximum Gasteiger partial charge on any atom is 0.0950 e. The van der Waals surface area contributed by atoms with Gasteiger partial charge in [-0.05, 0) is 45.1 Å². The summed E-state index contributed by atoms with van der Waals surface area (Å²) in [5.41, 5.74) is 1.45. The van der Waals surface area contributed by atoms with E-state index in [2.05, 4.69) is 28.0 Å². The van der Waals surface area contributed by atoms with Crippen molar-refractivity contribution in [3.63, 3.8) is 0 Å². The molecular formula is C13H21N3. The summed E-state index contributed by atoms with van der Waals surface area (Å²) in [5.74, 6) is 1.59. The SMILES string of the molecule is CC(C1CC1)n1cncc1C1CCCNC1. The van der Waals surface area contributed by atoms with Gasteiger partial charge in [0.05, 0.1) is 6.33 Å². The number of aromatic nitrogens is 2. The minimum absolute atomic E-state index is 0.652. The van der Waals surface area contributed by atoms with E-state index in [0.717, 1.165) is 12.5 Å². The van der Waals surface area contributed by atoms with Gasteiger partial charge in [0.15, 0.2) is 0 Å². The summed E-state index contributed by atoms with van der Waals surface area (Å²) >= 11 is 0. The molecule has 2 heterocycles. The normalized spacial score (nSPS) is 27.9. The standard InChI is InChI=1S/C13H21N3/c1-10(11-4-5-11)16-9-15-8-13(16)12-3-2-6-14-7-12/h8-12,14H,2-7H2,1H3. The van der Waals surface area contributed by atoms with Crippen LogP contribution in [0.15, 0.2) is 12.5 Å². The Morgan fingerprint density at radius 2 is 2.31 bits per heavy atom.